The highest BCUT2D eigenvalue weighted by molar-refractivity contribution is 5.98. The highest BCUT2D eigenvalue weighted by Gasteiger charge is 2.13. The van der Waals surface area contributed by atoms with Crippen LogP contribution in [0, 0.1) is 11.3 Å². The van der Waals surface area contributed by atoms with E-state index < -0.39 is 0 Å². The van der Waals surface area contributed by atoms with Crippen LogP contribution in [-0.4, -0.2) is 17.5 Å². The Balaban J connectivity index is 2.25. The van der Waals surface area contributed by atoms with E-state index in [1.54, 1.807) is 41.1 Å². The fourth-order valence-corrected chi connectivity index (χ4v) is 1.77. The van der Waals surface area contributed by atoms with Gasteiger partial charge in [-0.1, -0.05) is 12.1 Å². The van der Waals surface area contributed by atoms with E-state index in [1.807, 2.05) is 12.1 Å². The van der Waals surface area contributed by atoms with Crippen molar-refractivity contribution in [2.75, 3.05) is 7.11 Å². The van der Waals surface area contributed by atoms with Gasteiger partial charge in [0.25, 0.3) is 0 Å². The summed E-state index contributed by atoms with van der Waals surface area (Å²) in [5.74, 6) is 0.466. The number of para-hydroxylation sites is 1. The summed E-state index contributed by atoms with van der Waals surface area (Å²) >= 11 is 0. The van der Waals surface area contributed by atoms with Crippen molar-refractivity contribution >= 4 is 5.78 Å². The van der Waals surface area contributed by atoms with Gasteiger partial charge in [0.15, 0.2) is 5.78 Å². The number of hydrogen-bond acceptors (Lipinski definition) is 3. The highest BCUT2D eigenvalue weighted by Crippen LogP contribution is 2.18. The number of methoxy groups -OCH3 is 1. The second-order valence-corrected chi connectivity index (χ2v) is 3.76. The number of ether oxygens (including phenoxy) is 1. The maximum Gasteiger partial charge on any atom is 0.186 e. The minimum atomic E-state index is -0.0832. The van der Waals surface area contributed by atoms with Crippen molar-refractivity contribution in [3.05, 3.63) is 53.9 Å². The molecule has 0 atom stereocenters. The van der Waals surface area contributed by atoms with Crippen LogP contribution in [0.1, 0.15) is 16.1 Å². The molecule has 0 saturated heterocycles. The molecule has 18 heavy (non-hydrogen) atoms. The van der Waals surface area contributed by atoms with Crippen molar-refractivity contribution in [1.29, 1.82) is 5.26 Å². The Labute approximate surface area is 105 Å². The quantitative estimate of drug-likeness (QED) is 0.770. The molecule has 0 saturated carbocycles. The molecule has 0 N–H and O–H groups in total. The number of nitriles is 1. The van der Waals surface area contributed by atoms with Gasteiger partial charge in [-0.3, -0.25) is 4.79 Å². The molecular formula is C14H12N2O2. The molecule has 1 heterocycles. The molecule has 0 unspecified atom stereocenters. The molecule has 0 aliphatic rings. The topological polar surface area (TPSA) is 55.0 Å². The van der Waals surface area contributed by atoms with Crippen molar-refractivity contribution in [3.8, 4) is 11.8 Å². The van der Waals surface area contributed by atoms with E-state index in [0.29, 0.717) is 17.0 Å². The van der Waals surface area contributed by atoms with Crippen molar-refractivity contribution in [2.45, 2.75) is 6.54 Å². The van der Waals surface area contributed by atoms with Crippen LogP contribution in [0.3, 0.4) is 0 Å². The van der Waals surface area contributed by atoms with Crippen molar-refractivity contribution in [2.24, 2.45) is 0 Å². The third-order valence-electron chi connectivity index (χ3n) is 2.67. The average molecular weight is 240 g/mol. The summed E-state index contributed by atoms with van der Waals surface area (Å²) in [6, 6.07) is 12.5. The van der Waals surface area contributed by atoms with Gasteiger partial charge in [0.1, 0.15) is 17.5 Å². The normalized spacial score (nSPS) is 9.78. The van der Waals surface area contributed by atoms with Crippen LogP contribution in [0.4, 0.5) is 0 Å². The number of Topliss-reactive ketones (excluding diaryl/α,β-unsaturated/α-hetero) is 1. The van der Waals surface area contributed by atoms with Gasteiger partial charge in [-0.25, -0.2) is 0 Å². The number of aromatic nitrogens is 1. The minimum Gasteiger partial charge on any atom is -0.496 e. The van der Waals surface area contributed by atoms with Gasteiger partial charge in [-0.2, -0.15) is 5.26 Å². The lowest BCUT2D eigenvalue weighted by Gasteiger charge is -2.08. The molecular weight excluding hydrogens is 228 g/mol. The minimum absolute atomic E-state index is 0.0832. The fourth-order valence-electron chi connectivity index (χ4n) is 1.77. The molecule has 4 nitrogen and oxygen atoms in total. The Morgan fingerprint density at radius 3 is 2.83 bits per heavy atom. The summed E-state index contributed by atoms with van der Waals surface area (Å²) < 4.78 is 6.77. The molecule has 1 aromatic carbocycles. The second kappa shape index (κ2) is 5.19. The molecule has 1 aromatic heterocycles. The number of carbonyl (C=O) groups is 1. The zero-order valence-electron chi connectivity index (χ0n) is 9.96. The number of benzene rings is 1. The first-order chi connectivity index (χ1) is 8.76. The summed E-state index contributed by atoms with van der Waals surface area (Å²) in [5.41, 5.74) is 0.996. The Morgan fingerprint density at radius 1 is 1.33 bits per heavy atom. The van der Waals surface area contributed by atoms with Gasteiger partial charge < -0.3 is 9.30 Å². The lowest BCUT2D eigenvalue weighted by atomic mass is 10.1. The lowest BCUT2D eigenvalue weighted by Crippen LogP contribution is -2.12. The first-order valence-corrected chi connectivity index (χ1v) is 5.47. The Hall–Kier alpha value is -2.54. The van der Waals surface area contributed by atoms with E-state index in [-0.39, 0.29) is 12.3 Å². The van der Waals surface area contributed by atoms with Crippen molar-refractivity contribution in [3.63, 3.8) is 0 Å². The number of hydrogen-bond donors (Lipinski definition) is 0. The summed E-state index contributed by atoms with van der Waals surface area (Å²) in [6.45, 7) is 0.135. The van der Waals surface area contributed by atoms with E-state index in [2.05, 4.69) is 0 Å². The van der Waals surface area contributed by atoms with E-state index in [9.17, 15) is 4.79 Å². The monoisotopic (exact) mass is 240 g/mol. The molecule has 0 bridgehead atoms. The number of carbonyl (C=O) groups excluding carboxylic acids is 1. The molecule has 0 spiro atoms. The lowest BCUT2D eigenvalue weighted by molar-refractivity contribution is 0.0969. The molecule has 2 rings (SSSR count). The van der Waals surface area contributed by atoms with Crippen LogP contribution >= 0.6 is 0 Å². The summed E-state index contributed by atoms with van der Waals surface area (Å²) in [7, 11) is 1.53. The van der Waals surface area contributed by atoms with Gasteiger partial charge in [0, 0.05) is 6.20 Å². The van der Waals surface area contributed by atoms with Gasteiger partial charge in [-0.15, -0.1) is 0 Å². The van der Waals surface area contributed by atoms with Crippen LogP contribution in [0.2, 0.25) is 0 Å². The van der Waals surface area contributed by atoms with Gasteiger partial charge >= 0.3 is 0 Å². The Kier molecular flexibility index (Phi) is 3.44. The van der Waals surface area contributed by atoms with Crippen molar-refractivity contribution < 1.29 is 9.53 Å². The fraction of sp³-hybridized carbons (Fsp3) is 0.143. The predicted molar refractivity (Wildman–Crippen MR) is 66.5 cm³/mol. The first kappa shape index (κ1) is 11.9. The summed E-state index contributed by atoms with van der Waals surface area (Å²) in [6.07, 6.45) is 1.71. The molecule has 0 aliphatic carbocycles. The smallest absolute Gasteiger partial charge is 0.186 e. The van der Waals surface area contributed by atoms with Crippen LogP contribution in [-0.2, 0) is 6.54 Å². The number of ketones is 1. The van der Waals surface area contributed by atoms with Gasteiger partial charge in [0.05, 0.1) is 19.2 Å². The van der Waals surface area contributed by atoms with Crippen LogP contribution in [0.15, 0.2) is 42.6 Å². The standard InChI is InChI=1S/C14H12N2O2/c1-18-14-7-3-2-6-12(14)13(17)10-16-8-4-5-11(16)9-15/h2-8H,10H2,1H3. The maximum atomic E-state index is 12.1. The Bertz CT molecular complexity index is 608. The maximum absolute atomic E-state index is 12.1. The Morgan fingerprint density at radius 2 is 2.11 bits per heavy atom. The van der Waals surface area contributed by atoms with Gasteiger partial charge in [0.2, 0.25) is 0 Å². The summed E-state index contributed by atoms with van der Waals surface area (Å²) in [5, 5.41) is 8.88. The molecule has 0 aliphatic heterocycles. The molecule has 90 valence electrons. The molecule has 4 heteroatoms. The van der Waals surface area contributed by atoms with E-state index in [1.165, 1.54) is 7.11 Å². The van der Waals surface area contributed by atoms with Gasteiger partial charge in [-0.05, 0) is 24.3 Å². The molecule has 0 fully saturated rings. The number of rotatable bonds is 4. The second-order valence-electron chi connectivity index (χ2n) is 3.76. The largest absolute Gasteiger partial charge is 0.496 e. The molecule has 2 aromatic rings. The summed E-state index contributed by atoms with van der Waals surface area (Å²) in [4.78, 5) is 12.1. The number of nitrogens with zero attached hydrogens (tertiary/aromatic N) is 2. The van der Waals surface area contributed by atoms with Crippen LogP contribution < -0.4 is 4.74 Å². The predicted octanol–water partition coefficient (Wildman–Crippen LogP) is 2.25. The SMILES string of the molecule is COc1ccccc1C(=O)Cn1cccc1C#N. The third-order valence-corrected chi connectivity index (χ3v) is 2.67. The zero-order valence-corrected chi connectivity index (χ0v) is 9.96. The molecule has 0 radical (unpaired) electrons. The van der Waals surface area contributed by atoms with Crippen LogP contribution in [0.5, 0.6) is 5.75 Å². The third kappa shape index (κ3) is 2.25. The van der Waals surface area contributed by atoms with Crippen molar-refractivity contribution in [1.82, 2.24) is 4.57 Å². The first-order valence-electron chi connectivity index (χ1n) is 5.47. The highest BCUT2D eigenvalue weighted by atomic mass is 16.5. The van der Waals surface area contributed by atoms with E-state index in [0.717, 1.165) is 0 Å². The van der Waals surface area contributed by atoms with Crippen LogP contribution in [0.25, 0.3) is 0 Å². The zero-order chi connectivity index (χ0) is 13.0. The average Bonchev–Trinajstić information content (AvgIpc) is 2.85. The van der Waals surface area contributed by atoms with E-state index >= 15 is 0 Å². The van der Waals surface area contributed by atoms with E-state index in [4.69, 9.17) is 10.00 Å². The molecule has 0 amide bonds.